The van der Waals surface area contributed by atoms with Gasteiger partial charge in [0.15, 0.2) is 11.6 Å². The van der Waals surface area contributed by atoms with Crippen LogP contribution in [-0.4, -0.2) is 64.3 Å². The van der Waals surface area contributed by atoms with E-state index in [-0.39, 0.29) is 47.5 Å². The zero-order valence-electron chi connectivity index (χ0n) is 25.1. The molecule has 1 aromatic carbocycles. The number of ether oxygens (including phenoxy) is 2. The molecule has 0 fully saturated rings. The minimum atomic E-state index is -0.770. The van der Waals surface area contributed by atoms with Crippen LogP contribution in [0.5, 0.6) is 5.75 Å². The summed E-state index contributed by atoms with van der Waals surface area (Å²) >= 11 is 3.05. The number of alkyl halides is 1. The molecule has 0 aliphatic rings. The third kappa shape index (κ3) is 14.2. The van der Waals surface area contributed by atoms with Gasteiger partial charge in [0.1, 0.15) is 17.4 Å². The van der Waals surface area contributed by atoms with Gasteiger partial charge in [-0.15, -0.1) is 0 Å². The largest absolute Gasteiger partial charge is 0.496 e. The standard InChI is InChI=1S/C20H25BrN4O5.C6H12O2.C2H6/c1-11(2)18(19(28)22-10-15(26)9-21)24-17(27)8-14-7-13(5-6-16(14)29-4)20-23-12(3)25-30-20;1-5(7)8-6(2,3)4;1-2/h5-7,11,18H,8-10H2,1-4H3,(H,22,28)(H,24,27);1-4H3;1-2H3. The van der Waals surface area contributed by atoms with Crippen LogP contribution in [-0.2, 0) is 30.3 Å². The number of aromatic nitrogens is 2. The first-order chi connectivity index (χ1) is 18.7. The van der Waals surface area contributed by atoms with Gasteiger partial charge in [-0.25, -0.2) is 0 Å². The lowest BCUT2D eigenvalue weighted by Gasteiger charge is -2.22. The van der Waals surface area contributed by atoms with Crippen LogP contribution in [0.4, 0.5) is 0 Å². The van der Waals surface area contributed by atoms with Gasteiger partial charge >= 0.3 is 5.97 Å². The predicted molar refractivity (Wildman–Crippen MR) is 156 cm³/mol. The zero-order valence-corrected chi connectivity index (χ0v) is 26.7. The molecule has 2 rings (SSSR count). The Kier molecular flexibility index (Phi) is 16.7. The second kappa shape index (κ2) is 18.1. The summed E-state index contributed by atoms with van der Waals surface area (Å²) in [4.78, 5) is 50.9. The van der Waals surface area contributed by atoms with E-state index in [0.717, 1.165) is 0 Å². The molecule has 1 unspecified atom stereocenters. The predicted octanol–water partition coefficient (Wildman–Crippen LogP) is 4.19. The Hall–Kier alpha value is -3.28. The number of carbonyl (C=O) groups is 4. The normalized spacial score (nSPS) is 11.2. The molecule has 12 heteroatoms. The lowest BCUT2D eigenvalue weighted by Crippen LogP contribution is -2.51. The van der Waals surface area contributed by atoms with Gasteiger partial charge in [0, 0.05) is 18.1 Å². The third-order valence-electron chi connectivity index (χ3n) is 4.73. The van der Waals surface area contributed by atoms with E-state index >= 15 is 0 Å². The molecule has 1 aromatic heterocycles. The van der Waals surface area contributed by atoms with Crippen LogP contribution in [0.25, 0.3) is 11.5 Å². The number of nitrogens with zero attached hydrogens (tertiary/aromatic N) is 2. The van der Waals surface area contributed by atoms with Crippen LogP contribution >= 0.6 is 15.9 Å². The highest BCUT2D eigenvalue weighted by molar-refractivity contribution is 9.09. The van der Waals surface area contributed by atoms with Gasteiger partial charge in [0.05, 0.1) is 25.4 Å². The lowest BCUT2D eigenvalue weighted by atomic mass is 10.0. The van der Waals surface area contributed by atoms with E-state index in [0.29, 0.717) is 28.6 Å². The van der Waals surface area contributed by atoms with Crippen molar-refractivity contribution in [1.29, 1.82) is 0 Å². The van der Waals surface area contributed by atoms with Gasteiger partial charge in [0.25, 0.3) is 5.89 Å². The van der Waals surface area contributed by atoms with Crippen LogP contribution in [0.15, 0.2) is 22.7 Å². The van der Waals surface area contributed by atoms with Crippen molar-refractivity contribution in [3.8, 4) is 17.2 Å². The summed E-state index contributed by atoms with van der Waals surface area (Å²) in [7, 11) is 1.51. The molecule has 0 saturated heterocycles. The number of esters is 1. The first-order valence-corrected chi connectivity index (χ1v) is 14.1. The van der Waals surface area contributed by atoms with Gasteiger partial charge in [0.2, 0.25) is 11.8 Å². The maximum Gasteiger partial charge on any atom is 0.303 e. The topological polar surface area (TPSA) is 150 Å². The molecular weight excluding hydrogens is 584 g/mol. The van der Waals surface area contributed by atoms with E-state index in [4.69, 9.17) is 14.0 Å². The van der Waals surface area contributed by atoms with Crippen molar-refractivity contribution < 1.29 is 33.2 Å². The molecule has 0 spiro atoms. The molecule has 40 heavy (non-hydrogen) atoms. The molecule has 1 atom stereocenters. The van der Waals surface area contributed by atoms with E-state index < -0.39 is 11.9 Å². The molecule has 0 aliphatic heterocycles. The third-order valence-corrected chi connectivity index (χ3v) is 5.36. The number of carbonyl (C=O) groups excluding carboxylic acids is 4. The summed E-state index contributed by atoms with van der Waals surface area (Å²) < 4.78 is 15.3. The molecule has 0 saturated carbocycles. The van der Waals surface area contributed by atoms with Crippen LogP contribution in [0, 0.1) is 12.8 Å². The van der Waals surface area contributed by atoms with Crippen molar-refractivity contribution in [1.82, 2.24) is 20.8 Å². The highest BCUT2D eigenvalue weighted by atomic mass is 79.9. The number of hydrogen-bond acceptors (Lipinski definition) is 9. The zero-order chi connectivity index (χ0) is 31.0. The number of aryl methyl sites for hydroxylation is 1. The summed E-state index contributed by atoms with van der Waals surface area (Å²) in [5, 5.41) is 9.22. The van der Waals surface area contributed by atoms with Crippen molar-refractivity contribution in [2.75, 3.05) is 19.0 Å². The number of nitrogens with one attached hydrogen (secondary N) is 2. The summed E-state index contributed by atoms with van der Waals surface area (Å²) in [6.07, 6.45) is -0.0129. The highest BCUT2D eigenvalue weighted by Gasteiger charge is 2.25. The van der Waals surface area contributed by atoms with E-state index in [1.807, 2.05) is 48.5 Å². The van der Waals surface area contributed by atoms with E-state index in [1.165, 1.54) is 14.0 Å². The maximum atomic E-state index is 12.7. The summed E-state index contributed by atoms with van der Waals surface area (Å²) in [5.41, 5.74) is 0.942. The van der Waals surface area contributed by atoms with Crippen LogP contribution in [0.1, 0.15) is 66.8 Å². The summed E-state index contributed by atoms with van der Waals surface area (Å²) in [5.74, 6) is 0.0632. The number of rotatable bonds is 10. The van der Waals surface area contributed by atoms with Crippen molar-refractivity contribution in [2.45, 2.75) is 80.4 Å². The SMILES string of the molecule is CC.CC(=O)OC(C)(C)C.COc1ccc(-c2nc(C)no2)cc1CC(=O)NC(C(=O)NCC(=O)CBr)C(C)C. The lowest BCUT2D eigenvalue weighted by molar-refractivity contribution is -0.151. The molecule has 2 aromatic rings. The molecule has 0 bridgehead atoms. The second-order valence-electron chi connectivity index (χ2n) is 9.74. The van der Waals surface area contributed by atoms with Crippen molar-refractivity contribution >= 4 is 39.5 Å². The Morgan fingerprint density at radius 3 is 2.17 bits per heavy atom. The fourth-order valence-electron chi connectivity index (χ4n) is 3.17. The number of ketones is 1. The summed E-state index contributed by atoms with van der Waals surface area (Å²) in [6.45, 7) is 16.2. The van der Waals surface area contributed by atoms with E-state index in [9.17, 15) is 19.2 Å². The smallest absolute Gasteiger partial charge is 0.303 e. The Morgan fingerprint density at radius 2 is 1.75 bits per heavy atom. The van der Waals surface area contributed by atoms with Gasteiger partial charge in [-0.1, -0.05) is 48.8 Å². The number of Topliss-reactive ketones (excluding diaryl/α,β-unsaturated/α-hetero) is 1. The molecular formula is C28H43BrN4O7. The van der Waals surface area contributed by atoms with Crippen LogP contribution in [0.2, 0.25) is 0 Å². The van der Waals surface area contributed by atoms with Crippen LogP contribution in [0.3, 0.4) is 0 Å². The molecule has 11 nitrogen and oxygen atoms in total. The van der Waals surface area contributed by atoms with E-state index in [2.05, 4.69) is 36.7 Å². The first kappa shape index (κ1) is 36.7. The minimum Gasteiger partial charge on any atom is -0.496 e. The van der Waals surface area contributed by atoms with Gasteiger partial charge in [-0.2, -0.15) is 4.98 Å². The van der Waals surface area contributed by atoms with Gasteiger partial charge in [-0.3, -0.25) is 19.2 Å². The van der Waals surface area contributed by atoms with Crippen LogP contribution < -0.4 is 15.4 Å². The average molecular weight is 628 g/mol. The molecule has 2 amide bonds. The highest BCUT2D eigenvalue weighted by Crippen LogP contribution is 2.26. The monoisotopic (exact) mass is 626 g/mol. The quantitative estimate of drug-likeness (QED) is 0.292. The van der Waals surface area contributed by atoms with Crippen molar-refractivity contribution in [2.24, 2.45) is 5.92 Å². The maximum absolute atomic E-state index is 12.7. The molecule has 224 valence electrons. The number of amides is 2. The number of halogens is 1. The van der Waals surface area contributed by atoms with Gasteiger partial charge < -0.3 is 24.6 Å². The number of benzene rings is 1. The summed E-state index contributed by atoms with van der Waals surface area (Å²) in [6, 6.07) is 4.45. The van der Waals surface area contributed by atoms with Gasteiger partial charge in [-0.05, 0) is 51.8 Å². The Bertz CT molecular complexity index is 1110. The number of methoxy groups -OCH3 is 1. The Labute approximate surface area is 245 Å². The molecule has 0 aliphatic carbocycles. The van der Waals surface area contributed by atoms with E-state index in [1.54, 1.807) is 25.1 Å². The van der Waals surface area contributed by atoms with Crippen molar-refractivity contribution in [3.05, 3.63) is 29.6 Å². The Morgan fingerprint density at radius 1 is 1.12 bits per heavy atom. The van der Waals surface area contributed by atoms with Crippen molar-refractivity contribution in [3.63, 3.8) is 0 Å². The average Bonchev–Trinajstić information content (AvgIpc) is 3.31. The number of hydrogen-bond donors (Lipinski definition) is 2. The molecule has 1 heterocycles. The molecule has 2 N–H and O–H groups in total. The molecule has 0 radical (unpaired) electrons. The fourth-order valence-corrected chi connectivity index (χ4v) is 3.37. The minimum absolute atomic E-state index is 0.0129. The fraction of sp³-hybridized carbons (Fsp3) is 0.571. The first-order valence-electron chi connectivity index (χ1n) is 13.0. The Balaban J connectivity index is 0.00000130. The second-order valence-corrected chi connectivity index (χ2v) is 10.3.